The molecule has 0 aliphatic carbocycles. The molecule has 0 heterocycles. The standard InChI is InChI=1S/C13H12ClNO2S2/c1-18-11-8-6-10(7-9-11)15-19(16,17)13-5-3-2-4-12(13)14/h2-9,15H,1H3. The third-order valence-corrected chi connectivity index (χ3v) is 5.09. The van der Waals surface area contributed by atoms with E-state index in [9.17, 15) is 8.42 Å². The van der Waals surface area contributed by atoms with Crippen LogP contribution in [0.2, 0.25) is 5.02 Å². The van der Waals surface area contributed by atoms with Crippen LogP contribution in [0.5, 0.6) is 0 Å². The summed E-state index contributed by atoms with van der Waals surface area (Å²) in [7, 11) is -3.65. The molecule has 0 bridgehead atoms. The number of hydrogen-bond acceptors (Lipinski definition) is 3. The number of anilines is 1. The average Bonchev–Trinajstić information content (AvgIpc) is 2.39. The fourth-order valence-corrected chi connectivity index (χ4v) is 3.52. The zero-order chi connectivity index (χ0) is 13.9. The maximum absolute atomic E-state index is 12.2. The zero-order valence-electron chi connectivity index (χ0n) is 10.1. The van der Waals surface area contributed by atoms with Gasteiger partial charge in [-0.15, -0.1) is 11.8 Å². The van der Waals surface area contributed by atoms with Crippen molar-refractivity contribution >= 4 is 39.1 Å². The Morgan fingerprint density at radius 3 is 2.26 bits per heavy atom. The lowest BCUT2D eigenvalue weighted by atomic mass is 10.3. The van der Waals surface area contributed by atoms with E-state index in [2.05, 4.69) is 4.72 Å². The van der Waals surface area contributed by atoms with Gasteiger partial charge in [-0.1, -0.05) is 23.7 Å². The predicted molar refractivity (Wildman–Crippen MR) is 80.5 cm³/mol. The third kappa shape index (κ3) is 3.43. The number of halogens is 1. The molecule has 0 saturated carbocycles. The summed E-state index contributed by atoms with van der Waals surface area (Å²) in [6, 6.07) is 13.5. The molecule has 0 aromatic heterocycles. The van der Waals surface area contributed by atoms with Gasteiger partial charge in [-0.05, 0) is 42.7 Å². The van der Waals surface area contributed by atoms with Crippen molar-refractivity contribution in [2.75, 3.05) is 11.0 Å². The van der Waals surface area contributed by atoms with Crippen LogP contribution < -0.4 is 4.72 Å². The Hall–Kier alpha value is -1.17. The van der Waals surface area contributed by atoms with E-state index in [-0.39, 0.29) is 9.92 Å². The molecule has 2 aromatic carbocycles. The minimum Gasteiger partial charge on any atom is -0.280 e. The number of thioether (sulfide) groups is 1. The summed E-state index contributed by atoms with van der Waals surface area (Å²) in [6.45, 7) is 0. The molecule has 0 fully saturated rings. The van der Waals surface area contributed by atoms with Crippen molar-refractivity contribution in [3.05, 3.63) is 53.6 Å². The summed E-state index contributed by atoms with van der Waals surface area (Å²) in [6.07, 6.45) is 1.96. The van der Waals surface area contributed by atoms with Crippen LogP contribution >= 0.6 is 23.4 Å². The molecular weight excluding hydrogens is 302 g/mol. The van der Waals surface area contributed by atoms with Gasteiger partial charge in [0.25, 0.3) is 10.0 Å². The first-order chi connectivity index (χ1) is 9.03. The van der Waals surface area contributed by atoms with Gasteiger partial charge in [-0.3, -0.25) is 4.72 Å². The van der Waals surface area contributed by atoms with E-state index in [4.69, 9.17) is 11.6 Å². The molecule has 100 valence electrons. The monoisotopic (exact) mass is 313 g/mol. The Kier molecular flexibility index (Phi) is 4.39. The van der Waals surface area contributed by atoms with Crippen LogP contribution in [0.3, 0.4) is 0 Å². The van der Waals surface area contributed by atoms with Crippen LogP contribution in [-0.2, 0) is 10.0 Å². The number of sulfonamides is 1. The molecule has 1 N–H and O–H groups in total. The molecule has 2 rings (SSSR count). The second-order valence-electron chi connectivity index (χ2n) is 3.76. The third-order valence-electron chi connectivity index (χ3n) is 2.47. The first-order valence-electron chi connectivity index (χ1n) is 5.44. The van der Waals surface area contributed by atoms with Crippen molar-refractivity contribution in [3.8, 4) is 0 Å². The molecule has 0 atom stereocenters. The molecule has 19 heavy (non-hydrogen) atoms. The van der Waals surface area contributed by atoms with E-state index < -0.39 is 10.0 Å². The van der Waals surface area contributed by atoms with Crippen LogP contribution in [0.4, 0.5) is 5.69 Å². The van der Waals surface area contributed by atoms with E-state index in [1.165, 1.54) is 6.07 Å². The lowest BCUT2D eigenvalue weighted by molar-refractivity contribution is 0.601. The SMILES string of the molecule is CSc1ccc(NS(=O)(=O)c2ccccc2Cl)cc1. The Balaban J connectivity index is 2.28. The summed E-state index contributed by atoms with van der Waals surface area (Å²) < 4.78 is 26.9. The van der Waals surface area contributed by atoms with E-state index in [0.717, 1.165) is 4.90 Å². The highest BCUT2D eigenvalue weighted by Crippen LogP contribution is 2.24. The van der Waals surface area contributed by atoms with Crippen LogP contribution in [0.1, 0.15) is 0 Å². The first-order valence-corrected chi connectivity index (χ1v) is 8.53. The summed E-state index contributed by atoms with van der Waals surface area (Å²) in [4.78, 5) is 1.14. The largest absolute Gasteiger partial charge is 0.280 e. The Morgan fingerprint density at radius 2 is 1.68 bits per heavy atom. The van der Waals surface area contributed by atoms with Gasteiger partial charge in [0, 0.05) is 10.6 Å². The van der Waals surface area contributed by atoms with Crippen molar-refractivity contribution in [3.63, 3.8) is 0 Å². The molecule has 0 radical (unpaired) electrons. The molecule has 0 amide bonds. The van der Waals surface area contributed by atoms with E-state index in [1.807, 2.05) is 18.4 Å². The molecule has 0 aliphatic heterocycles. The van der Waals surface area contributed by atoms with Crippen molar-refractivity contribution in [2.24, 2.45) is 0 Å². The maximum atomic E-state index is 12.2. The fraction of sp³-hybridized carbons (Fsp3) is 0.0769. The van der Waals surface area contributed by atoms with Gasteiger partial charge in [-0.2, -0.15) is 0 Å². The summed E-state index contributed by atoms with van der Waals surface area (Å²) in [5.41, 5.74) is 0.512. The van der Waals surface area contributed by atoms with Crippen LogP contribution in [0, 0.1) is 0 Å². The summed E-state index contributed by atoms with van der Waals surface area (Å²) in [5, 5.41) is 0.204. The lowest BCUT2D eigenvalue weighted by Gasteiger charge is -2.09. The van der Waals surface area contributed by atoms with E-state index >= 15 is 0 Å². The number of nitrogens with one attached hydrogen (secondary N) is 1. The minimum atomic E-state index is -3.65. The molecule has 2 aromatic rings. The van der Waals surface area contributed by atoms with Crippen molar-refractivity contribution < 1.29 is 8.42 Å². The van der Waals surface area contributed by atoms with Gasteiger partial charge < -0.3 is 0 Å². The molecule has 6 heteroatoms. The average molecular weight is 314 g/mol. The van der Waals surface area contributed by atoms with E-state index in [0.29, 0.717) is 5.69 Å². The number of rotatable bonds is 4. The Labute approximate surface area is 122 Å². The molecule has 0 spiro atoms. The normalized spacial score (nSPS) is 11.3. The van der Waals surface area contributed by atoms with Gasteiger partial charge in [0.2, 0.25) is 0 Å². The van der Waals surface area contributed by atoms with Gasteiger partial charge in [0.05, 0.1) is 5.02 Å². The highest BCUT2D eigenvalue weighted by Gasteiger charge is 2.17. The Bertz CT molecular complexity index is 669. The first kappa shape index (κ1) is 14.2. The van der Waals surface area contributed by atoms with Crippen molar-refractivity contribution in [2.45, 2.75) is 9.79 Å². The number of hydrogen-bond donors (Lipinski definition) is 1. The zero-order valence-corrected chi connectivity index (χ0v) is 12.5. The smallest absolute Gasteiger partial charge is 0.263 e. The Morgan fingerprint density at radius 1 is 1.05 bits per heavy atom. The second kappa shape index (κ2) is 5.86. The van der Waals surface area contributed by atoms with Crippen molar-refractivity contribution in [1.29, 1.82) is 0 Å². The molecule has 0 saturated heterocycles. The van der Waals surface area contributed by atoms with Gasteiger partial charge in [0.15, 0.2) is 0 Å². The van der Waals surface area contributed by atoms with Gasteiger partial charge >= 0.3 is 0 Å². The summed E-state index contributed by atoms with van der Waals surface area (Å²) in [5.74, 6) is 0. The van der Waals surface area contributed by atoms with Crippen LogP contribution in [0.15, 0.2) is 58.3 Å². The second-order valence-corrected chi connectivity index (χ2v) is 6.70. The quantitative estimate of drug-likeness (QED) is 0.872. The maximum Gasteiger partial charge on any atom is 0.263 e. The fourth-order valence-electron chi connectivity index (χ4n) is 1.53. The van der Waals surface area contributed by atoms with Crippen LogP contribution in [-0.4, -0.2) is 14.7 Å². The highest BCUT2D eigenvalue weighted by atomic mass is 35.5. The van der Waals surface area contributed by atoms with E-state index in [1.54, 1.807) is 42.1 Å². The van der Waals surface area contributed by atoms with Crippen LogP contribution in [0.25, 0.3) is 0 Å². The highest BCUT2D eigenvalue weighted by molar-refractivity contribution is 7.98. The number of benzene rings is 2. The van der Waals surface area contributed by atoms with Gasteiger partial charge in [-0.25, -0.2) is 8.42 Å². The minimum absolute atomic E-state index is 0.0746. The topological polar surface area (TPSA) is 46.2 Å². The van der Waals surface area contributed by atoms with Crippen molar-refractivity contribution in [1.82, 2.24) is 0 Å². The molecule has 3 nitrogen and oxygen atoms in total. The predicted octanol–water partition coefficient (Wildman–Crippen LogP) is 3.86. The lowest BCUT2D eigenvalue weighted by Crippen LogP contribution is -2.13. The van der Waals surface area contributed by atoms with Gasteiger partial charge in [0.1, 0.15) is 4.90 Å². The molecular formula is C13H12ClNO2S2. The molecule has 0 aliphatic rings. The summed E-state index contributed by atoms with van der Waals surface area (Å²) >= 11 is 7.50. The molecule has 0 unspecified atom stereocenters.